The third kappa shape index (κ3) is 3.19. The minimum absolute atomic E-state index is 0.0664. The first-order valence-corrected chi connectivity index (χ1v) is 7.42. The molecule has 2 aromatic carbocycles. The van der Waals surface area contributed by atoms with Crippen molar-refractivity contribution < 1.29 is 13.6 Å². The lowest BCUT2D eigenvalue weighted by Gasteiger charge is -2.07. The van der Waals surface area contributed by atoms with Crippen molar-refractivity contribution in [1.82, 2.24) is 10.3 Å². The fraction of sp³-hybridized carbons (Fsp3) is 0.118. The van der Waals surface area contributed by atoms with Gasteiger partial charge in [-0.15, -0.1) is 0 Å². The van der Waals surface area contributed by atoms with Crippen LogP contribution >= 0.6 is 11.6 Å². The van der Waals surface area contributed by atoms with E-state index in [2.05, 4.69) is 10.3 Å². The number of H-pyrrole nitrogens is 1. The number of rotatable bonds is 4. The monoisotopic (exact) mass is 334 g/mol. The van der Waals surface area contributed by atoms with Gasteiger partial charge in [-0.05, 0) is 42.3 Å². The molecule has 0 aliphatic heterocycles. The number of hydrogen-bond donors (Lipinski definition) is 2. The van der Waals surface area contributed by atoms with Crippen LogP contribution in [0, 0.1) is 11.6 Å². The van der Waals surface area contributed by atoms with Crippen molar-refractivity contribution in [3.63, 3.8) is 0 Å². The SMILES string of the molecule is O=C(NCCc1c[nH]c2ccc(F)cc12)c1c(F)cccc1Cl. The number of amides is 1. The summed E-state index contributed by atoms with van der Waals surface area (Å²) in [6.07, 6.45) is 2.26. The molecule has 0 aliphatic rings. The zero-order valence-corrected chi connectivity index (χ0v) is 12.8. The zero-order chi connectivity index (χ0) is 16.4. The summed E-state index contributed by atoms with van der Waals surface area (Å²) >= 11 is 5.85. The molecule has 3 nitrogen and oxygen atoms in total. The number of aromatic nitrogens is 1. The highest BCUT2D eigenvalue weighted by Gasteiger charge is 2.15. The van der Waals surface area contributed by atoms with E-state index in [0.717, 1.165) is 16.5 Å². The van der Waals surface area contributed by atoms with Crippen LogP contribution in [-0.2, 0) is 6.42 Å². The standard InChI is InChI=1S/C17H13ClF2N2O/c18-13-2-1-3-14(20)16(13)17(23)21-7-6-10-9-22-15-5-4-11(19)8-12(10)15/h1-5,8-9,22H,6-7H2,(H,21,23). The molecule has 3 aromatic rings. The summed E-state index contributed by atoms with van der Waals surface area (Å²) in [5.74, 6) is -1.55. The van der Waals surface area contributed by atoms with Gasteiger partial charge in [-0.2, -0.15) is 0 Å². The van der Waals surface area contributed by atoms with Gasteiger partial charge in [-0.25, -0.2) is 8.78 Å². The van der Waals surface area contributed by atoms with Crippen LogP contribution in [0.4, 0.5) is 8.78 Å². The highest BCUT2D eigenvalue weighted by Crippen LogP contribution is 2.20. The van der Waals surface area contributed by atoms with Crippen molar-refractivity contribution in [2.75, 3.05) is 6.54 Å². The van der Waals surface area contributed by atoms with E-state index in [1.165, 1.54) is 30.3 Å². The van der Waals surface area contributed by atoms with Gasteiger partial charge in [-0.1, -0.05) is 17.7 Å². The zero-order valence-electron chi connectivity index (χ0n) is 12.0. The second-order valence-corrected chi connectivity index (χ2v) is 5.51. The summed E-state index contributed by atoms with van der Waals surface area (Å²) in [5.41, 5.74) is 1.53. The molecule has 0 spiro atoms. The molecular formula is C17H13ClF2N2O. The topological polar surface area (TPSA) is 44.9 Å². The molecule has 1 amide bonds. The summed E-state index contributed by atoms with van der Waals surface area (Å²) in [4.78, 5) is 15.1. The largest absolute Gasteiger partial charge is 0.361 e. The van der Waals surface area contributed by atoms with Gasteiger partial charge in [0.15, 0.2) is 0 Å². The van der Waals surface area contributed by atoms with Gasteiger partial charge in [0.2, 0.25) is 0 Å². The van der Waals surface area contributed by atoms with Crippen molar-refractivity contribution in [2.24, 2.45) is 0 Å². The first kappa shape index (κ1) is 15.5. The van der Waals surface area contributed by atoms with Gasteiger partial charge < -0.3 is 10.3 Å². The van der Waals surface area contributed by atoms with Crippen molar-refractivity contribution in [1.29, 1.82) is 0 Å². The maximum atomic E-state index is 13.7. The number of carbonyl (C=O) groups excluding carboxylic acids is 1. The van der Waals surface area contributed by atoms with Crippen molar-refractivity contribution >= 4 is 28.4 Å². The van der Waals surface area contributed by atoms with Crippen LogP contribution in [0.2, 0.25) is 5.02 Å². The van der Waals surface area contributed by atoms with Gasteiger partial charge >= 0.3 is 0 Å². The van der Waals surface area contributed by atoms with E-state index < -0.39 is 11.7 Å². The van der Waals surface area contributed by atoms with E-state index in [-0.39, 0.29) is 22.9 Å². The van der Waals surface area contributed by atoms with Crippen LogP contribution in [0.5, 0.6) is 0 Å². The molecule has 2 N–H and O–H groups in total. The van der Waals surface area contributed by atoms with Gasteiger partial charge in [0, 0.05) is 23.6 Å². The second kappa shape index (κ2) is 6.38. The Morgan fingerprint density at radius 3 is 2.83 bits per heavy atom. The van der Waals surface area contributed by atoms with Crippen molar-refractivity contribution in [2.45, 2.75) is 6.42 Å². The van der Waals surface area contributed by atoms with Gasteiger partial charge in [0.1, 0.15) is 11.6 Å². The number of aromatic amines is 1. The minimum atomic E-state index is -0.663. The van der Waals surface area contributed by atoms with Crippen LogP contribution < -0.4 is 5.32 Å². The number of hydrogen-bond acceptors (Lipinski definition) is 1. The van der Waals surface area contributed by atoms with Crippen LogP contribution in [0.25, 0.3) is 10.9 Å². The molecule has 1 heterocycles. The average Bonchev–Trinajstić information content (AvgIpc) is 2.89. The highest BCUT2D eigenvalue weighted by atomic mass is 35.5. The van der Waals surface area contributed by atoms with E-state index in [1.54, 1.807) is 12.3 Å². The smallest absolute Gasteiger partial charge is 0.255 e. The number of fused-ring (bicyclic) bond motifs is 1. The molecule has 0 bridgehead atoms. The Morgan fingerprint density at radius 1 is 1.22 bits per heavy atom. The normalized spacial score (nSPS) is 10.9. The minimum Gasteiger partial charge on any atom is -0.361 e. The predicted octanol–water partition coefficient (Wildman–Crippen LogP) is 4.07. The van der Waals surface area contributed by atoms with E-state index in [9.17, 15) is 13.6 Å². The van der Waals surface area contributed by atoms with E-state index >= 15 is 0 Å². The summed E-state index contributed by atoms with van der Waals surface area (Å²) in [7, 11) is 0. The molecule has 0 radical (unpaired) electrons. The summed E-state index contributed by atoms with van der Waals surface area (Å²) < 4.78 is 27.0. The Morgan fingerprint density at radius 2 is 2.04 bits per heavy atom. The van der Waals surface area contributed by atoms with E-state index in [4.69, 9.17) is 11.6 Å². The Kier molecular flexibility index (Phi) is 4.30. The van der Waals surface area contributed by atoms with E-state index in [1.807, 2.05) is 0 Å². The van der Waals surface area contributed by atoms with Crippen LogP contribution in [0.3, 0.4) is 0 Å². The predicted molar refractivity (Wildman–Crippen MR) is 85.7 cm³/mol. The number of carbonyl (C=O) groups is 1. The number of halogens is 3. The first-order valence-electron chi connectivity index (χ1n) is 7.04. The lowest BCUT2D eigenvalue weighted by Crippen LogP contribution is -2.26. The molecule has 0 saturated heterocycles. The van der Waals surface area contributed by atoms with Gasteiger partial charge in [0.25, 0.3) is 5.91 Å². The average molecular weight is 335 g/mol. The maximum Gasteiger partial charge on any atom is 0.255 e. The Balaban J connectivity index is 1.69. The summed E-state index contributed by atoms with van der Waals surface area (Å²) in [5, 5.41) is 3.46. The molecule has 1 aromatic heterocycles. The second-order valence-electron chi connectivity index (χ2n) is 5.11. The molecular weight excluding hydrogens is 322 g/mol. The molecule has 0 aliphatic carbocycles. The van der Waals surface area contributed by atoms with Crippen molar-refractivity contribution in [3.05, 3.63) is 70.4 Å². The quantitative estimate of drug-likeness (QED) is 0.742. The maximum absolute atomic E-state index is 13.7. The molecule has 0 atom stereocenters. The fourth-order valence-electron chi connectivity index (χ4n) is 2.47. The Bertz CT molecular complexity index is 856. The van der Waals surface area contributed by atoms with Crippen LogP contribution in [0.15, 0.2) is 42.6 Å². The van der Waals surface area contributed by atoms with Gasteiger partial charge in [0.05, 0.1) is 10.6 Å². The lowest BCUT2D eigenvalue weighted by atomic mass is 10.1. The summed E-state index contributed by atoms with van der Waals surface area (Å²) in [6.45, 7) is 0.285. The van der Waals surface area contributed by atoms with E-state index in [0.29, 0.717) is 6.42 Å². The molecule has 23 heavy (non-hydrogen) atoms. The fourth-order valence-corrected chi connectivity index (χ4v) is 2.72. The molecule has 0 saturated carbocycles. The molecule has 3 rings (SSSR count). The number of nitrogens with one attached hydrogen (secondary N) is 2. The number of benzene rings is 2. The van der Waals surface area contributed by atoms with Crippen molar-refractivity contribution in [3.8, 4) is 0 Å². The van der Waals surface area contributed by atoms with Gasteiger partial charge in [-0.3, -0.25) is 4.79 Å². The molecule has 0 unspecified atom stereocenters. The first-order chi connectivity index (χ1) is 11.1. The third-order valence-corrected chi connectivity index (χ3v) is 3.91. The Labute approximate surface area is 136 Å². The summed E-state index contributed by atoms with van der Waals surface area (Å²) in [6, 6.07) is 8.56. The molecule has 6 heteroatoms. The molecule has 118 valence electrons. The Hall–Kier alpha value is -2.40. The lowest BCUT2D eigenvalue weighted by molar-refractivity contribution is 0.0950. The highest BCUT2D eigenvalue weighted by molar-refractivity contribution is 6.33. The van der Waals surface area contributed by atoms with Crippen LogP contribution in [-0.4, -0.2) is 17.4 Å². The molecule has 0 fully saturated rings. The third-order valence-electron chi connectivity index (χ3n) is 3.60. The van der Waals surface area contributed by atoms with Crippen LogP contribution in [0.1, 0.15) is 15.9 Å².